The molecule has 2 rings (SSSR count). The summed E-state index contributed by atoms with van der Waals surface area (Å²) in [5.74, 6) is 1.11. The van der Waals surface area contributed by atoms with Crippen LogP contribution in [-0.4, -0.2) is 52.5 Å². The average molecular weight is 308 g/mol. The van der Waals surface area contributed by atoms with E-state index in [2.05, 4.69) is 0 Å². The molecule has 0 amide bonds. The molecule has 22 heavy (non-hydrogen) atoms. The molecule has 0 N–H and O–H groups in total. The predicted octanol–water partition coefficient (Wildman–Crippen LogP) is 2.33. The van der Waals surface area contributed by atoms with Gasteiger partial charge in [0.2, 0.25) is 0 Å². The van der Waals surface area contributed by atoms with E-state index < -0.39 is 0 Å². The van der Waals surface area contributed by atoms with E-state index in [0.29, 0.717) is 18.1 Å². The van der Waals surface area contributed by atoms with Crippen LogP contribution in [0.3, 0.4) is 0 Å². The van der Waals surface area contributed by atoms with Crippen LogP contribution in [0, 0.1) is 5.92 Å². The van der Waals surface area contributed by atoms with Crippen molar-refractivity contribution in [3.63, 3.8) is 0 Å². The highest BCUT2D eigenvalue weighted by atomic mass is 16.6. The Morgan fingerprint density at radius 2 is 1.59 bits per heavy atom. The lowest BCUT2D eigenvalue weighted by Gasteiger charge is -2.39. The van der Waals surface area contributed by atoms with Crippen molar-refractivity contribution in [2.45, 2.75) is 31.2 Å². The maximum atomic E-state index is 10.6. The summed E-state index contributed by atoms with van der Waals surface area (Å²) in [6.07, 6.45) is 2.55. The van der Waals surface area contributed by atoms with E-state index in [0.717, 1.165) is 24.9 Å². The van der Waals surface area contributed by atoms with Crippen LogP contribution in [0.15, 0.2) is 24.3 Å². The van der Waals surface area contributed by atoms with Gasteiger partial charge in [0.25, 0.3) is 0 Å². The minimum atomic E-state index is -0.0434. The highest BCUT2D eigenvalue weighted by molar-refractivity contribution is 5.74. The second kappa shape index (κ2) is 8.27. The molecular weight excluding hydrogens is 284 g/mol. The third-order valence-electron chi connectivity index (χ3n) is 4.24. The van der Waals surface area contributed by atoms with Gasteiger partial charge in [-0.2, -0.15) is 0 Å². The monoisotopic (exact) mass is 308 g/mol. The van der Waals surface area contributed by atoms with Crippen LogP contribution < -0.4 is 4.74 Å². The lowest BCUT2D eigenvalue weighted by Crippen LogP contribution is -2.48. The molecule has 5 heteroatoms. The second-order valence-corrected chi connectivity index (χ2v) is 5.58. The van der Waals surface area contributed by atoms with Gasteiger partial charge in [0.1, 0.15) is 18.1 Å². The molecule has 0 radical (unpaired) electrons. The van der Waals surface area contributed by atoms with E-state index in [1.54, 1.807) is 33.5 Å². The topological polar surface area (TPSA) is 54.0 Å². The van der Waals surface area contributed by atoms with Crippen LogP contribution in [0.5, 0.6) is 5.75 Å². The summed E-state index contributed by atoms with van der Waals surface area (Å²) in [5.41, 5.74) is 0.645. The number of carbonyl (C=O) groups excluding carboxylic acids is 1. The standard InChI is InChI=1S/C17H24O5/c1-19-15-8-13(9-16(20-2)17(15)21-3)11-22-14-6-4-12(10-18)5-7-14/h4-7,10,13,15-17H,8-9,11H2,1-3H3. The van der Waals surface area contributed by atoms with Crippen LogP contribution in [0.4, 0.5) is 0 Å². The van der Waals surface area contributed by atoms with Gasteiger partial charge in [-0.05, 0) is 43.0 Å². The normalized spacial score (nSPS) is 28.3. The van der Waals surface area contributed by atoms with Crippen LogP contribution in [0.1, 0.15) is 23.2 Å². The molecule has 0 aliphatic heterocycles. The van der Waals surface area contributed by atoms with Gasteiger partial charge in [0.15, 0.2) is 0 Å². The van der Waals surface area contributed by atoms with Crippen molar-refractivity contribution in [1.29, 1.82) is 0 Å². The summed E-state index contributed by atoms with van der Waals surface area (Å²) in [4.78, 5) is 10.6. The van der Waals surface area contributed by atoms with Gasteiger partial charge in [-0.25, -0.2) is 0 Å². The molecule has 1 aliphatic rings. The maximum absolute atomic E-state index is 10.6. The summed E-state index contributed by atoms with van der Waals surface area (Å²) in [5, 5.41) is 0. The number of hydrogen-bond acceptors (Lipinski definition) is 5. The molecule has 1 aromatic rings. The maximum Gasteiger partial charge on any atom is 0.150 e. The molecule has 0 bridgehead atoms. The number of benzene rings is 1. The molecule has 122 valence electrons. The quantitative estimate of drug-likeness (QED) is 0.724. The first-order valence-electron chi connectivity index (χ1n) is 7.48. The van der Waals surface area contributed by atoms with Gasteiger partial charge in [0.05, 0.1) is 18.8 Å². The first kappa shape index (κ1) is 16.9. The zero-order chi connectivity index (χ0) is 15.9. The van der Waals surface area contributed by atoms with Crippen molar-refractivity contribution in [2.24, 2.45) is 5.92 Å². The summed E-state index contributed by atoms with van der Waals surface area (Å²) in [7, 11) is 5.09. The minimum absolute atomic E-state index is 0.00902. The van der Waals surface area contributed by atoms with Gasteiger partial charge >= 0.3 is 0 Å². The molecule has 2 unspecified atom stereocenters. The smallest absolute Gasteiger partial charge is 0.150 e. The third kappa shape index (κ3) is 4.06. The van der Waals surface area contributed by atoms with Crippen molar-refractivity contribution in [1.82, 2.24) is 0 Å². The van der Waals surface area contributed by atoms with E-state index in [-0.39, 0.29) is 18.3 Å². The van der Waals surface area contributed by atoms with Crippen molar-refractivity contribution < 1.29 is 23.7 Å². The van der Waals surface area contributed by atoms with Crippen LogP contribution in [0.2, 0.25) is 0 Å². The molecule has 1 aliphatic carbocycles. The fraction of sp³-hybridized carbons (Fsp3) is 0.588. The Labute approximate surface area is 131 Å². The predicted molar refractivity (Wildman–Crippen MR) is 82.4 cm³/mol. The first-order chi connectivity index (χ1) is 10.7. The third-order valence-corrected chi connectivity index (χ3v) is 4.24. The molecule has 1 aromatic carbocycles. The molecular formula is C17H24O5. The van der Waals surface area contributed by atoms with Crippen LogP contribution in [0.25, 0.3) is 0 Å². The molecule has 5 nitrogen and oxygen atoms in total. The van der Waals surface area contributed by atoms with Gasteiger partial charge in [-0.3, -0.25) is 4.79 Å². The Balaban J connectivity index is 1.92. The van der Waals surface area contributed by atoms with Crippen molar-refractivity contribution in [3.8, 4) is 5.75 Å². The lowest BCUT2D eigenvalue weighted by atomic mass is 9.83. The second-order valence-electron chi connectivity index (χ2n) is 5.58. The number of rotatable bonds is 7. The summed E-state index contributed by atoms with van der Waals surface area (Å²) in [6.45, 7) is 0.594. The number of methoxy groups -OCH3 is 3. The van der Waals surface area contributed by atoms with Gasteiger partial charge in [-0.1, -0.05) is 0 Å². The van der Waals surface area contributed by atoms with Gasteiger partial charge < -0.3 is 18.9 Å². The summed E-state index contributed by atoms with van der Waals surface area (Å²) < 4.78 is 22.4. The van der Waals surface area contributed by atoms with E-state index >= 15 is 0 Å². The first-order valence-corrected chi connectivity index (χ1v) is 7.48. The number of ether oxygens (including phenoxy) is 4. The number of carbonyl (C=O) groups is 1. The Bertz CT molecular complexity index is 445. The molecule has 1 saturated carbocycles. The Kier molecular flexibility index (Phi) is 6.36. The highest BCUT2D eigenvalue weighted by Gasteiger charge is 2.38. The Morgan fingerprint density at radius 1 is 1.00 bits per heavy atom. The average Bonchev–Trinajstić information content (AvgIpc) is 2.59. The van der Waals surface area contributed by atoms with Gasteiger partial charge in [0, 0.05) is 26.9 Å². The molecule has 0 spiro atoms. The summed E-state index contributed by atoms with van der Waals surface area (Å²) >= 11 is 0. The molecule has 2 atom stereocenters. The number of aldehydes is 1. The van der Waals surface area contributed by atoms with E-state index in [1.807, 2.05) is 12.1 Å². The van der Waals surface area contributed by atoms with E-state index in [9.17, 15) is 4.79 Å². The van der Waals surface area contributed by atoms with Crippen molar-refractivity contribution in [3.05, 3.63) is 29.8 Å². The zero-order valence-electron chi connectivity index (χ0n) is 13.4. The van der Waals surface area contributed by atoms with Crippen LogP contribution in [-0.2, 0) is 14.2 Å². The SMILES string of the molecule is COC1CC(COc2ccc(C=O)cc2)CC(OC)C1OC. The fourth-order valence-corrected chi connectivity index (χ4v) is 3.02. The fourth-order valence-electron chi connectivity index (χ4n) is 3.02. The van der Waals surface area contributed by atoms with Gasteiger partial charge in [-0.15, -0.1) is 0 Å². The van der Waals surface area contributed by atoms with E-state index in [4.69, 9.17) is 18.9 Å². The zero-order valence-corrected chi connectivity index (χ0v) is 13.4. The Hall–Kier alpha value is -1.43. The Morgan fingerprint density at radius 3 is 2.05 bits per heavy atom. The number of hydrogen-bond donors (Lipinski definition) is 0. The largest absolute Gasteiger partial charge is 0.493 e. The highest BCUT2D eigenvalue weighted by Crippen LogP contribution is 2.30. The van der Waals surface area contributed by atoms with Crippen molar-refractivity contribution in [2.75, 3.05) is 27.9 Å². The minimum Gasteiger partial charge on any atom is -0.493 e. The summed E-state index contributed by atoms with van der Waals surface area (Å²) in [6, 6.07) is 7.12. The molecule has 0 saturated heterocycles. The molecule has 0 heterocycles. The lowest BCUT2D eigenvalue weighted by molar-refractivity contribution is -0.143. The molecule has 1 fully saturated rings. The molecule has 0 aromatic heterocycles. The van der Waals surface area contributed by atoms with Crippen LogP contribution >= 0.6 is 0 Å². The van der Waals surface area contributed by atoms with Crippen molar-refractivity contribution >= 4 is 6.29 Å². The van der Waals surface area contributed by atoms with E-state index in [1.165, 1.54) is 0 Å².